The molecule has 0 unspecified atom stereocenters. The molecular weight excluding hydrogens is 452 g/mol. The minimum atomic E-state index is -0.357. The number of H-pyrrole nitrogens is 1. The standard InChI is InChI=1S/C28H24N6O2/c1-17-3-2-4-25(34-17)27-26(32-16-33-27)18-5-6-24-19(9-18)10-21(14-31-24)20-11-22(13-30-12-20)28(35)36-23-7-8-29-15-23/h2-6,9-14,16,23,29H,7-8,15H2,1H3,(H,32,33)/t23-/m1/s1. The lowest BCUT2D eigenvalue weighted by Crippen LogP contribution is -2.20. The zero-order valence-electron chi connectivity index (χ0n) is 19.7. The number of esters is 1. The molecule has 1 saturated heterocycles. The predicted molar refractivity (Wildman–Crippen MR) is 137 cm³/mol. The summed E-state index contributed by atoms with van der Waals surface area (Å²) in [5, 5.41) is 4.16. The van der Waals surface area contributed by atoms with Gasteiger partial charge in [0.2, 0.25) is 0 Å². The molecule has 0 amide bonds. The number of benzene rings is 1. The second-order valence-electron chi connectivity index (χ2n) is 8.90. The van der Waals surface area contributed by atoms with Gasteiger partial charge in [-0.25, -0.2) is 9.78 Å². The molecule has 2 N–H and O–H groups in total. The summed E-state index contributed by atoms with van der Waals surface area (Å²) in [6.07, 6.45) is 7.49. The number of aromatic nitrogens is 5. The van der Waals surface area contributed by atoms with Gasteiger partial charge < -0.3 is 15.0 Å². The van der Waals surface area contributed by atoms with Crippen LogP contribution in [0.5, 0.6) is 0 Å². The van der Waals surface area contributed by atoms with Gasteiger partial charge in [-0.15, -0.1) is 0 Å². The number of hydrogen-bond donors (Lipinski definition) is 2. The average Bonchev–Trinajstić information content (AvgIpc) is 3.61. The van der Waals surface area contributed by atoms with E-state index in [2.05, 4.69) is 42.4 Å². The summed E-state index contributed by atoms with van der Waals surface area (Å²) >= 11 is 0. The summed E-state index contributed by atoms with van der Waals surface area (Å²) in [5.74, 6) is -0.357. The summed E-state index contributed by atoms with van der Waals surface area (Å²) in [6.45, 7) is 3.52. The topological polar surface area (TPSA) is 106 Å². The van der Waals surface area contributed by atoms with Gasteiger partial charge in [-0.05, 0) is 56.3 Å². The summed E-state index contributed by atoms with van der Waals surface area (Å²) in [6, 6.07) is 15.9. The van der Waals surface area contributed by atoms with Crippen LogP contribution in [0.1, 0.15) is 22.5 Å². The van der Waals surface area contributed by atoms with E-state index < -0.39 is 0 Å². The van der Waals surface area contributed by atoms with E-state index in [1.807, 2.05) is 37.3 Å². The molecule has 1 fully saturated rings. The zero-order chi connectivity index (χ0) is 24.5. The second-order valence-corrected chi connectivity index (χ2v) is 8.90. The maximum absolute atomic E-state index is 12.6. The first-order chi connectivity index (χ1) is 17.6. The van der Waals surface area contributed by atoms with Gasteiger partial charge in [0.1, 0.15) is 6.10 Å². The van der Waals surface area contributed by atoms with Crippen LogP contribution in [0.2, 0.25) is 0 Å². The maximum Gasteiger partial charge on any atom is 0.340 e. The van der Waals surface area contributed by atoms with Gasteiger partial charge in [0.05, 0.1) is 34.5 Å². The summed E-state index contributed by atoms with van der Waals surface area (Å²) in [5.41, 5.74) is 7.42. The van der Waals surface area contributed by atoms with E-state index in [0.29, 0.717) is 12.1 Å². The number of hydrogen-bond acceptors (Lipinski definition) is 7. The van der Waals surface area contributed by atoms with Crippen LogP contribution < -0.4 is 5.32 Å². The minimum Gasteiger partial charge on any atom is -0.457 e. The normalized spacial score (nSPS) is 15.3. The maximum atomic E-state index is 12.6. The van der Waals surface area contributed by atoms with Gasteiger partial charge in [0, 0.05) is 52.9 Å². The first kappa shape index (κ1) is 22.1. The molecule has 8 nitrogen and oxygen atoms in total. The molecule has 0 bridgehead atoms. The van der Waals surface area contributed by atoms with Gasteiger partial charge in [-0.3, -0.25) is 15.0 Å². The molecule has 178 valence electrons. The SMILES string of the molecule is Cc1cccc(-c2[nH]cnc2-c2ccc3ncc(-c4cncc(C(=O)O[C@@H]5CCNC5)c4)cc3c2)n1. The molecule has 1 atom stereocenters. The third kappa shape index (κ3) is 4.34. The number of fused-ring (bicyclic) bond motifs is 1. The van der Waals surface area contributed by atoms with Crippen molar-refractivity contribution in [3.8, 4) is 33.8 Å². The largest absolute Gasteiger partial charge is 0.457 e. The van der Waals surface area contributed by atoms with Crippen LogP contribution in [0.15, 0.2) is 73.4 Å². The average molecular weight is 477 g/mol. The predicted octanol–water partition coefficient (Wildman–Crippen LogP) is 4.58. The highest BCUT2D eigenvalue weighted by Gasteiger charge is 2.20. The number of pyridine rings is 3. The van der Waals surface area contributed by atoms with E-state index in [4.69, 9.17) is 4.74 Å². The van der Waals surface area contributed by atoms with Crippen LogP contribution in [0, 0.1) is 6.92 Å². The highest BCUT2D eigenvalue weighted by atomic mass is 16.5. The Balaban J connectivity index is 1.33. The second kappa shape index (κ2) is 9.31. The third-order valence-corrected chi connectivity index (χ3v) is 6.33. The van der Waals surface area contributed by atoms with E-state index in [1.165, 1.54) is 0 Å². The van der Waals surface area contributed by atoms with Crippen molar-refractivity contribution in [1.29, 1.82) is 0 Å². The minimum absolute atomic E-state index is 0.0937. The van der Waals surface area contributed by atoms with Crippen LogP contribution >= 0.6 is 0 Å². The first-order valence-corrected chi connectivity index (χ1v) is 11.9. The van der Waals surface area contributed by atoms with Crippen molar-refractivity contribution in [3.63, 3.8) is 0 Å². The van der Waals surface area contributed by atoms with Gasteiger partial charge in [0.15, 0.2) is 0 Å². The van der Waals surface area contributed by atoms with Crippen molar-refractivity contribution in [2.75, 3.05) is 13.1 Å². The molecule has 36 heavy (non-hydrogen) atoms. The fourth-order valence-electron chi connectivity index (χ4n) is 4.49. The quantitative estimate of drug-likeness (QED) is 0.358. The van der Waals surface area contributed by atoms with Gasteiger partial charge >= 0.3 is 5.97 Å². The lowest BCUT2D eigenvalue weighted by atomic mass is 10.0. The van der Waals surface area contributed by atoms with E-state index in [-0.39, 0.29) is 12.1 Å². The Morgan fingerprint density at radius 3 is 2.75 bits per heavy atom. The van der Waals surface area contributed by atoms with E-state index in [0.717, 1.165) is 63.3 Å². The van der Waals surface area contributed by atoms with Gasteiger partial charge in [-0.2, -0.15) is 0 Å². The van der Waals surface area contributed by atoms with Crippen molar-refractivity contribution in [1.82, 2.24) is 30.2 Å². The van der Waals surface area contributed by atoms with E-state index in [9.17, 15) is 4.79 Å². The number of carbonyl (C=O) groups excluding carboxylic acids is 1. The Morgan fingerprint density at radius 2 is 1.89 bits per heavy atom. The molecule has 6 rings (SSSR count). The number of aryl methyl sites for hydroxylation is 1. The van der Waals surface area contributed by atoms with Crippen LogP contribution in [0.4, 0.5) is 0 Å². The fourth-order valence-corrected chi connectivity index (χ4v) is 4.49. The Hall–Kier alpha value is -4.43. The molecular formula is C28H24N6O2. The molecule has 5 aromatic rings. The fraction of sp³-hybridized carbons (Fsp3) is 0.179. The molecule has 0 spiro atoms. The molecule has 1 aromatic carbocycles. The number of rotatable bonds is 5. The zero-order valence-corrected chi connectivity index (χ0v) is 19.7. The van der Waals surface area contributed by atoms with Crippen molar-refractivity contribution >= 4 is 16.9 Å². The number of nitrogens with zero attached hydrogens (tertiary/aromatic N) is 4. The number of aromatic amines is 1. The van der Waals surface area contributed by atoms with E-state index >= 15 is 0 Å². The molecule has 8 heteroatoms. The molecule has 0 saturated carbocycles. The molecule has 0 aliphatic carbocycles. The van der Waals surface area contributed by atoms with Crippen molar-refractivity contribution in [2.24, 2.45) is 0 Å². The van der Waals surface area contributed by atoms with Gasteiger partial charge in [-0.1, -0.05) is 12.1 Å². The first-order valence-electron chi connectivity index (χ1n) is 11.9. The molecule has 5 heterocycles. The van der Waals surface area contributed by atoms with Crippen LogP contribution in [0.3, 0.4) is 0 Å². The Labute approximate surface area is 207 Å². The van der Waals surface area contributed by atoms with Crippen molar-refractivity contribution < 1.29 is 9.53 Å². The number of ether oxygens (including phenoxy) is 1. The Bertz CT molecular complexity index is 1570. The van der Waals surface area contributed by atoms with E-state index in [1.54, 1.807) is 31.0 Å². The van der Waals surface area contributed by atoms with Crippen molar-refractivity contribution in [3.05, 3.63) is 84.7 Å². The molecule has 1 aliphatic heterocycles. The number of imidazole rings is 1. The highest BCUT2D eigenvalue weighted by molar-refractivity contribution is 5.92. The molecule has 0 radical (unpaired) electrons. The Kier molecular flexibility index (Phi) is 5.71. The van der Waals surface area contributed by atoms with Crippen LogP contribution in [-0.2, 0) is 4.74 Å². The van der Waals surface area contributed by atoms with Crippen molar-refractivity contribution in [2.45, 2.75) is 19.4 Å². The highest BCUT2D eigenvalue weighted by Crippen LogP contribution is 2.31. The molecule has 4 aromatic heterocycles. The monoisotopic (exact) mass is 476 g/mol. The van der Waals surface area contributed by atoms with Crippen LogP contribution in [-0.4, -0.2) is 50.1 Å². The Morgan fingerprint density at radius 1 is 1.00 bits per heavy atom. The molecule has 1 aliphatic rings. The number of carbonyl (C=O) groups is 1. The number of nitrogens with one attached hydrogen (secondary N) is 2. The van der Waals surface area contributed by atoms with Crippen LogP contribution in [0.25, 0.3) is 44.7 Å². The summed E-state index contributed by atoms with van der Waals surface area (Å²) in [4.78, 5) is 34.0. The van der Waals surface area contributed by atoms with Gasteiger partial charge in [0.25, 0.3) is 0 Å². The lowest BCUT2D eigenvalue weighted by molar-refractivity contribution is 0.0344. The summed E-state index contributed by atoms with van der Waals surface area (Å²) in [7, 11) is 0. The third-order valence-electron chi connectivity index (χ3n) is 6.33. The lowest BCUT2D eigenvalue weighted by Gasteiger charge is -2.11. The summed E-state index contributed by atoms with van der Waals surface area (Å²) < 4.78 is 5.60. The smallest absolute Gasteiger partial charge is 0.340 e.